The Morgan fingerprint density at radius 3 is 2.26 bits per heavy atom. The number of benzene rings is 1. The van der Waals surface area contributed by atoms with Gasteiger partial charge in [-0.1, -0.05) is 32.9 Å². The Kier molecular flexibility index (Phi) is 4.07. The van der Waals surface area contributed by atoms with Crippen molar-refractivity contribution in [2.75, 3.05) is 0 Å². The molecule has 2 rings (SSSR count). The quantitative estimate of drug-likeness (QED) is 0.878. The first-order chi connectivity index (χ1) is 8.86. The van der Waals surface area contributed by atoms with Gasteiger partial charge in [-0.2, -0.15) is 0 Å². The second-order valence-corrected chi connectivity index (χ2v) is 6.91. The number of hydrogen-bond acceptors (Lipinski definition) is 2. The lowest BCUT2D eigenvalue weighted by atomic mass is 9.95. The van der Waals surface area contributed by atoms with Gasteiger partial charge in [-0.15, -0.1) is 11.3 Å². The van der Waals surface area contributed by atoms with Crippen molar-refractivity contribution in [1.29, 1.82) is 0 Å². The van der Waals surface area contributed by atoms with Crippen molar-refractivity contribution in [3.05, 3.63) is 57.5 Å². The molecule has 1 nitrogen and oxygen atoms in total. The van der Waals surface area contributed by atoms with Gasteiger partial charge >= 0.3 is 0 Å². The minimum atomic E-state index is -0.522. The van der Waals surface area contributed by atoms with Crippen molar-refractivity contribution in [2.24, 2.45) is 0 Å². The number of hydrogen-bond donors (Lipinski definition) is 1. The van der Waals surface area contributed by atoms with Gasteiger partial charge in [0.05, 0.1) is 6.10 Å². The summed E-state index contributed by atoms with van der Waals surface area (Å²) < 4.78 is 12.8. The van der Waals surface area contributed by atoms with Crippen LogP contribution in [0.5, 0.6) is 0 Å². The van der Waals surface area contributed by atoms with Crippen molar-refractivity contribution in [1.82, 2.24) is 0 Å². The maximum absolute atomic E-state index is 12.8. The summed E-state index contributed by atoms with van der Waals surface area (Å²) in [4.78, 5) is 2.23. The highest BCUT2D eigenvalue weighted by Gasteiger charge is 2.18. The number of aliphatic hydroxyl groups is 1. The summed E-state index contributed by atoms with van der Waals surface area (Å²) in [6, 6.07) is 10.4. The molecule has 0 aliphatic heterocycles. The maximum atomic E-state index is 12.8. The molecular formula is C16H19FOS. The summed E-state index contributed by atoms with van der Waals surface area (Å²) in [5, 5.41) is 10.2. The number of rotatable bonds is 3. The van der Waals surface area contributed by atoms with Crippen molar-refractivity contribution in [3.63, 3.8) is 0 Å². The van der Waals surface area contributed by atoms with E-state index in [0.29, 0.717) is 6.42 Å². The molecule has 102 valence electrons. The Balaban J connectivity index is 2.09. The molecular weight excluding hydrogens is 259 g/mol. The van der Waals surface area contributed by atoms with Crippen LogP contribution in [-0.2, 0) is 11.8 Å². The molecule has 0 bridgehead atoms. The van der Waals surface area contributed by atoms with E-state index in [1.54, 1.807) is 23.5 Å². The Labute approximate surface area is 117 Å². The van der Waals surface area contributed by atoms with Crippen LogP contribution < -0.4 is 0 Å². The van der Waals surface area contributed by atoms with E-state index in [4.69, 9.17) is 0 Å². The topological polar surface area (TPSA) is 20.2 Å². The molecule has 0 amide bonds. The molecule has 1 unspecified atom stereocenters. The normalized spacial score (nSPS) is 13.5. The van der Waals surface area contributed by atoms with E-state index in [1.807, 2.05) is 6.07 Å². The number of halogens is 1. The largest absolute Gasteiger partial charge is 0.387 e. The van der Waals surface area contributed by atoms with Crippen molar-refractivity contribution >= 4 is 11.3 Å². The van der Waals surface area contributed by atoms with Crippen LogP contribution in [0.25, 0.3) is 0 Å². The second-order valence-electron chi connectivity index (χ2n) is 5.80. The molecule has 0 fully saturated rings. The Hall–Kier alpha value is -1.19. The van der Waals surface area contributed by atoms with Gasteiger partial charge in [0.25, 0.3) is 0 Å². The fraction of sp³-hybridized carbons (Fsp3) is 0.375. The molecule has 0 aliphatic carbocycles. The molecule has 0 spiro atoms. The molecule has 0 aliphatic rings. The summed E-state index contributed by atoms with van der Waals surface area (Å²) in [6.45, 7) is 6.49. The van der Waals surface area contributed by atoms with Crippen LogP contribution in [0.15, 0.2) is 36.4 Å². The third kappa shape index (κ3) is 3.64. The molecule has 0 radical (unpaired) electrons. The van der Waals surface area contributed by atoms with Crippen molar-refractivity contribution in [3.8, 4) is 0 Å². The third-order valence-corrected chi connectivity index (χ3v) is 4.65. The van der Waals surface area contributed by atoms with Gasteiger partial charge in [0.2, 0.25) is 0 Å². The fourth-order valence-corrected chi connectivity index (χ4v) is 2.93. The molecule has 0 saturated carbocycles. The van der Waals surface area contributed by atoms with Crippen molar-refractivity contribution < 1.29 is 9.50 Å². The smallest absolute Gasteiger partial charge is 0.123 e. The lowest BCUT2D eigenvalue weighted by molar-refractivity contribution is 0.182. The molecule has 1 heterocycles. The van der Waals surface area contributed by atoms with E-state index in [2.05, 4.69) is 26.8 Å². The lowest BCUT2D eigenvalue weighted by Crippen LogP contribution is -2.07. The molecule has 1 atom stereocenters. The second kappa shape index (κ2) is 5.43. The molecule has 3 heteroatoms. The van der Waals surface area contributed by atoms with Crippen LogP contribution in [0, 0.1) is 5.82 Å². The average Bonchev–Trinajstić information content (AvgIpc) is 2.81. The van der Waals surface area contributed by atoms with Crippen LogP contribution >= 0.6 is 11.3 Å². The Morgan fingerprint density at radius 1 is 1.11 bits per heavy atom. The van der Waals surface area contributed by atoms with Gasteiger partial charge in [-0.25, -0.2) is 4.39 Å². The van der Waals surface area contributed by atoms with Gasteiger partial charge in [-0.05, 0) is 35.2 Å². The van der Waals surface area contributed by atoms with Gasteiger partial charge in [-0.3, -0.25) is 0 Å². The van der Waals surface area contributed by atoms with Crippen LogP contribution in [-0.4, -0.2) is 5.11 Å². The molecule has 2 aromatic rings. The first kappa shape index (κ1) is 14.2. The number of thiophene rings is 1. The van der Waals surface area contributed by atoms with E-state index in [-0.39, 0.29) is 11.2 Å². The van der Waals surface area contributed by atoms with E-state index in [0.717, 1.165) is 10.4 Å². The van der Waals surface area contributed by atoms with E-state index >= 15 is 0 Å². The van der Waals surface area contributed by atoms with Gasteiger partial charge in [0, 0.05) is 16.2 Å². The molecule has 1 aromatic carbocycles. The molecule has 19 heavy (non-hydrogen) atoms. The minimum Gasteiger partial charge on any atom is -0.387 e. The SMILES string of the molecule is CC(C)(C)c1ccc(C(O)Cc2ccc(F)cc2)s1. The Morgan fingerprint density at radius 2 is 1.74 bits per heavy atom. The van der Waals surface area contributed by atoms with Crippen LogP contribution in [0.1, 0.15) is 42.2 Å². The monoisotopic (exact) mass is 278 g/mol. The first-order valence-electron chi connectivity index (χ1n) is 6.39. The van der Waals surface area contributed by atoms with E-state index in [1.165, 1.54) is 17.0 Å². The van der Waals surface area contributed by atoms with Crippen LogP contribution in [0.2, 0.25) is 0 Å². The van der Waals surface area contributed by atoms with Gasteiger partial charge in [0.1, 0.15) is 5.82 Å². The highest BCUT2D eigenvalue weighted by Crippen LogP contribution is 2.33. The van der Waals surface area contributed by atoms with E-state index in [9.17, 15) is 9.50 Å². The van der Waals surface area contributed by atoms with Crippen molar-refractivity contribution in [2.45, 2.75) is 38.7 Å². The third-order valence-electron chi connectivity index (χ3n) is 3.04. The van der Waals surface area contributed by atoms with Crippen LogP contribution in [0.3, 0.4) is 0 Å². The fourth-order valence-electron chi connectivity index (χ4n) is 1.88. The molecule has 0 saturated heterocycles. The first-order valence-corrected chi connectivity index (χ1v) is 7.20. The average molecular weight is 278 g/mol. The van der Waals surface area contributed by atoms with Gasteiger partial charge in [0.15, 0.2) is 0 Å². The Bertz CT molecular complexity index is 537. The standard InChI is InChI=1S/C16H19FOS/c1-16(2,3)15-9-8-14(19-15)13(18)10-11-4-6-12(17)7-5-11/h4-9,13,18H,10H2,1-3H3. The summed E-state index contributed by atoms with van der Waals surface area (Å²) in [7, 11) is 0. The maximum Gasteiger partial charge on any atom is 0.123 e. The van der Waals surface area contributed by atoms with Crippen LogP contribution in [0.4, 0.5) is 4.39 Å². The summed E-state index contributed by atoms with van der Waals surface area (Å²) >= 11 is 1.65. The zero-order valence-corrected chi connectivity index (χ0v) is 12.3. The highest BCUT2D eigenvalue weighted by molar-refractivity contribution is 7.12. The van der Waals surface area contributed by atoms with E-state index < -0.39 is 6.10 Å². The summed E-state index contributed by atoms with van der Waals surface area (Å²) in [5.41, 5.74) is 1.05. The molecule has 1 N–H and O–H groups in total. The summed E-state index contributed by atoms with van der Waals surface area (Å²) in [5.74, 6) is -0.246. The highest BCUT2D eigenvalue weighted by atomic mass is 32.1. The minimum absolute atomic E-state index is 0.110. The predicted octanol–water partition coefficient (Wildman–Crippen LogP) is 4.46. The zero-order valence-electron chi connectivity index (χ0n) is 11.5. The summed E-state index contributed by atoms with van der Waals surface area (Å²) in [6.07, 6.45) is -0.00347. The predicted molar refractivity (Wildman–Crippen MR) is 78.1 cm³/mol. The lowest BCUT2D eigenvalue weighted by Gasteiger charge is -2.15. The zero-order chi connectivity index (χ0) is 14.0. The molecule has 1 aromatic heterocycles. The number of aliphatic hydroxyl groups excluding tert-OH is 1. The van der Waals surface area contributed by atoms with Gasteiger partial charge < -0.3 is 5.11 Å².